The first-order valence-electron chi connectivity index (χ1n) is 8.69. The van der Waals surface area contributed by atoms with Crippen LogP contribution in [0, 0.1) is 5.82 Å². The molecule has 2 aliphatic heterocycles. The smallest absolute Gasteiger partial charge is 0.252 e. The van der Waals surface area contributed by atoms with Crippen LogP contribution in [0.2, 0.25) is 10.0 Å². The Labute approximate surface area is 181 Å². The summed E-state index contributed by atoms with van der Waals surface area (Å²) in [5.41, 5.74) is 1.28. The minimum atomic E-state index is -3.19. The third-order valence-electron chi connectivity index (χ3n) is 4.74. The van der Waals surface area contributed by atoms with Crippen LogP contribution in [-0.2, 0) is 21.1 Å². The molecule has 2 unspecified atom stereocenters. The lowest BCUT2D eigenvalue weighted by Gasteiger charge is -2.24. The molecule has 5 nitrogen and oxygen atoms in total. The van der Waals surface area contributed by atoms with Crippen LogP contribution in [0.25, 0.3) is 0 Å². The van der Waals surface area contributed by atoms with Gasteiger partial charge in [-0.2, -0.15) is 4.99 Å². The molecule has 0 aromatic heterocycles. The first kappa shape index (κ1) is 20.7. The highest BCUT2D eigenvalue weighted by atomic mass is 35.5. The maximum absolute atomic E-state index is 13.6. The van der Waals surface area contributed by atoms with Crippen molar-refractivity contribution < 1.29 is 17.6 Å². The van der Waals surface area contributed by atoms with Gasteiger partial charge in [-0.25, -0.2) is 12.8 Å². The third kappa shape index (κ3) is 4.45. The second-order valence-electron chi connectivity index (χ2n) is 6.86. The fraction of sp³-hybridized carbons (Fsp3) is 0.263. The van der Waals surface area contributed by atoms with Crippen molar-refractivity contribution in [1.82, 2.24) is 0 Å². The van der Waals surface area contributed by atoms with Gasteiger partial charge in [-0.15, -0.1) is 0 Å². The molecule has 2 heterocycles. The molecule has 0 aliphatic carbocycles. The summed E-state index contributed by atoms with van der Waals surface area (Å²) in [5.74, 6) is -0.978. The zero-order valence-electron chi connectivity index (χ0n) is 14.9. The molecule has 0 bridgehead atoms. The number of fused-ring (bicyclic) bond motifs is 1. The number of carbonyl (C=O) groups is 1. The first-order valence-corrected chi connectivity index (χ1v) is 12.1. The van der Waals surface area contributed by atoms with Crippen LogP contribution in [0.5, 0.6) is 0 Å². The van der Waals surface area contributed by atoms with Crippen LogP contribution in [0.1, 0.15) is 5.56 Å². The average molecular weight is 473 g/mol. The van der Waals surface area contributed by atoms with Crippen molar-refractivity contribution >= 4 is 61.6 Å². The molecule has 2 saturated heterocycles. The highest BCUT2D eigenvalue weighted by molar-refractivity contribution is 8.16. The molecule has 0 saturated carbocycles. The van der Waals surface area contributed by atoms with E-state index >= 15 is 0 Å². The molecule has 2 aliphatic rings. The van der Waals surface area contributed by atoms with E-state index in [2.05, 4.69) is 4.99 Å². The van der Waals surface area contributed by atoms with Crippen LogP contribution >= 0.6 is 35.0 Å². The molecule has 2 fully saturated rings. The molecule has 0 spiro atoms. The van der Waals surface area contributed by atoms with Gasteiger partial charge in [-0.1, -0.05) is 47.1 Å². The van der Waals surface area contributed by atoms with Crippen molar-refractivity contribution in [1.29, 1.82) is 0 Å². The van der Waals surface area contributed by atoms with Crippen molar-refractivity contribution in [2.75, 3.05) is 16.4 Å². The summed E-state index contributed by atoms with van der Waals surface area (Å²) in [6.45, 7) is 0. The van der Waals surface area contributed by atoms with Crippen molar-refractivity contribution in [3.63, 3.8) is 0 Å². The predicted octanol–water partition coefficient (Wildman–Crippen LogP) is 3.98. The zero-order chi connectivity index (χ0) is 20.8. The SMILES string of the molecule is O=C(Cc1ccc(Cl)cc1)N=C1SC2CS(=O)(=O)CC2N1c1ccc(F)c(Cl)c1. The Morgan fingerprint density at radius 1 is 1.17 bits per heavy atom. The highest BCUT2D eigenvalue weighted by Gasteiger charge is 2.49. The Morgan fingerprint density at radius 2 is 1.90 bits per heavy atom. The summed E-state index contributed by atoms with van der Waals surface area (Å²) in [6.07, 6.45) is 0.0902. The lowest BCUT2D eigenvalue weighted by atomic mass is 10.1. The summed E-state index contributed by atoms with van der Waals surface area (Å²) < 4.78 is 37.8. The van der Waals surface area contributed by atoms with Gasteiger partial charge < -0.3 is 4.90 Å². The number of nitrogens with zero attached hydrogens (tertiary/aromatic N) is 2. The fourth-order valence-electron chi connectivity index (χ4n) is 3.42. The van der Waals surface area contributed by atoms with E-state index in [1.807, 2.05) is 0 Å². The molecule has 1 amide bonds. The van der Waals surface area contributed by atoms with E-state index in [-0.39, 0.29) is 40.1 Å². The Bertz CT molecular complexity index is 1110. The topological polar surface area (TPSA) is 66.8 Å². The van der Waals surface area contributed by atoms with Gasteiger partial charge in [0.05, 0.1) is 29.0 Å². The molecular weight excluding hydrogens is 458 g/mol. The molecule has 29 heavy (non-hydrogen) atoms. The molecule has 2 aromatic rings. The quantitative estimate of drug-likeness (QED) is 0.675. The highest BCUT2D eigenvalue weighted by Crippen LogP contribution is 2.41. The summed E-state index contributed by atoms with van der Waals surface area (Å²) in [7, 11) is -3.19. The number of rotatable bonds is 3. The third-order valence-corrected chi connectivity index (χ3v) is 8.49. The number of aliphatic imine (C=N–C) groups is 1. The largest absolute Gasteiger partial charge is 0.316 e. The lowest BCUT2D eigenvalue weighted by molar-refractivity contribution is -0.117. The maximum atomic E-state index is 13.6. The van der Waals surface area contributed by atoms with Gasteiger partial charge in [0, 0.05) is 16.0 Å². The summed E-state index contributed by atoms with van der Waals surface area (Å²) >= 11 is 13.0. The summed E-state index contributed by atoms with van der Waals surface area (Å²) in [4.78, 5) is 18.5. The first-order chi connectivity index (χ1) is 13.7. The molecular formula is C19H15Cl2FN2O3S2. The maximum Gasteiger partial charge on any atom is 0.252 e. The van der Waals surface area contributed by atoms with Crippen LogP contribution < -0.4 is 4.90 Å². The van der Waals surface area contributed by atoms with Gasteiger partial charge in [0.1, 0.15) is 5.82 Å². The number of carbonyl (C=O) groups excluding carboxylic acids is 1. The minimum Gasteiger partial charge on any atom is -0.316 e. The number of amidine groups is 1. The Balaban J connectivity index is 1.65. The number of hydrogen-bond acceptors (Lipinski definition) is 4. The molecule has 10 heteroatoms. The number of amides is 1. The molecule has 2 atom stereocenters. The molecule has 2 aromatic carbocycles. The van der Waals surface area contributed by atoms with Gasteiger partial charge in [0.2, 0.25) is 0 Å². The Kier molecular flexibility index (Phi) is 5.63. The number of halogens is 3. The fourth-order valence-corrected chi connectivity index (χ4v) is 7.66. The zero-order valence-corrected chi connectivity index (χ0v) is 18.0. The number of thioether (sulfide) groups is 1. The van der Waals surface area contributed by atoms with Crippen molar-refractivity contribution in [2.24, 2.45) is 4.99 Å². The molecule has 0 N–H and O–H groups in total. The van der Waals surface area contributed by atoms with Gasteiger partial charge in [-0.05, 0) is 35.9 Å². The van der Waals surface area contributed by atoms with E-state index in [0.717, 1.165) is 5.56 Å². The normalized spacial score (nSPS) is 24.1. The second kappa shape index (κ2) is 7.91. The van der Waals surface area contributed by atoms with E-state index < -0.39 is 15.7 Å². The summed E-state index contributed by atoms with van der Waals surface area (Å²) in [6, 6.07) is 10.7. The van der Waals surface area contributed by atoms with Crippen LogP contribution in [0.4, 0.5) is 10.1 Å². The van der Waals surface area contributed by atoms with E-state index in [0.29, 0.717) is 15.9 Å². The lowest BCUT2D eigenvalue weighted by Crippen LogP contribution is -2.37. The van der Waals surface area contributed by atoms with Gasteiger partial charge in [-0.3, -0.25) is 4.79 Å². The van der Waals surface area contributed by atoms with Crippen molar-refractivity contribution in [2.45, 2.75) is 17.7 Å². The second-order valence-corrected chi connectivity index (χ2v) is 11.1. The van der Waals surface area contributed by atoms with Gasteiger partial charge in [0.15, 0.2) is 15.0 Å². The monoisotopic (exact) mass is 472 g/mol. The standard InChI is InChI=1S/C19H15Cl2FN2O3S2/c20-12-3-1-11(2-4-12)7-18(25)23-19-24(13-5-6-15(22)14(21)8-13)16-9-29(26,27)10-17(16)28-19/h1-6,8,16-17H,7,9-10H2. The van der Waals surface area contributed by atoms with Crippen LogP contribution in [0.15, 0.2) is 47.5 Å². The van der Waals surface area contributed by atoms with E-state index in [1.165, 1.54) is 30.0 Å². The van der Waals surface area contributed by atoms with Crippen molar-refractivity contribution in [3.8, 4) is 0 Å². The molecule has 0 radical (unpaired) electrons. The Hall–Kier alpha value is -1.61. The summed E-state index contributed by atoms with van der Waals surface area (Å²) in [5, 5.41) is 0.651. The number of hydrogen-bond donors (Lipinski definition) is 0. The molecule has 4 rings (SSSR count). The molecule has 152 valence electrons. The van der Waals surface area contributed by atoms with E-state index in [9.17, 15) is 17.6 Å². The Morgan fingerprint density at radius 3 is 2.59 bits per heavy atom. The van der Waals surface area contributed by atoms with E-state index in [1.54, 1.807) is 29.2 Å². The minimum absolute atomic E-state index is 0.0121. The van der Waals surface area contributed by atoms with Crippen molar-refractivity contribution in [3.05, 3.63) is 63.9 Å². The number of anilines is 1. The number of benzene rings is 2. The van der Waals surface area contributed by atoms with E-state index in [4.69, 9.17) is 23.2 Å². The van der Waals surface area contributed by atoms with Crippen LogP contribution in [-0.4, -0.2) is 42.3 Å². The van der Waals surface area contributed by atoms with Gasteiger partial charge >= 0.3 is 0 Å². The van der Waals surface area contributed by atoms with Gasteiger partial charge in [0.25, 0.3) is 5.91 Å². The predicted molar refractivity (Wildman–Crippen MR) is 115 cm³/mol. The van der Waals surface area contributed by atoms with Crippen LogP contribution in [0.3, 0.4) is 0 Å². The average Bonchev–Trinajstić information content (AvgIpc) is 3.10. The number of sulfone groups is 1.